The molecular weight excluding hydrogens is 312 g/mol. The molecule has 0 saturated carbocycles. The van der Waals surface area contributed by atoms with Gasteiger partial charge in [0, 0.05) is 19.0 Å². The van der Waals surface area contributed by atoms with Crippen molar-refractivity contribution >= 4 is 32.4 Å². The number of nitrogens with zero attached hydrogens (tertiary/aromatic N) is 3. The molecule has 1 aromatic heterocycles. The first-order chi connectivity index (χ1) is 9.80. The van der Waals surface area contributed by atoms with Crippen LogP contribution in [0.15, 0.2) is 4.34 Å². The Bertz CT molecular complexity index is 612. The number of carbonyl (C=O) groups excluding carboxylic acids is 1. The quantitative estimate of drug-likeness (QED) is 0.845. The summed E-state index contributed by atoms with van der Waals surface area (Å²) in [5.41, 5.74) is 0. The van der Waals surface area contributed by atoms with E-state index in [0.29, 0.717) is 19.0 Å². The van der Waals surface area contributed by atoms with Gasteiger partial charge in [0.1, 0.15) is 0 Å². The van der Waals surface area contributed by atoms with Gasteiger partial charge in [-0.1, -0.05) is 32.1 Å². The summed E-state index contributed by atoms with van der Waals surface area (Å²) in [6, 6.07) is 0. The Morgan fingerprint density at radius 1 is 1.43 bits per heavy atom. The molecule has 0 aliphatic carbocycles. The summed E-state index contributed by atoms with van der Waals surface area (Å²) in [4.78, 5) is 11.6. The standard InChI is InChI=1S/C12H20N4O3S2/c1-8(2)10(17)13-11-14-15-12(20-11)21(18,19)16-6-4-5-9(3)7-16/h8-9H,4-7H2,1-3H3,(H,13,14,17)/t9-/m0/s1. The van der Waals surface area contributed by atoms with E-state index >= 15 is 0 Å². The van der Waals surface area contributed by atoms with Crippen molar-refractivity contribution in [2.45, 2.75) is 38.0 Å². The molecule has 1 atom stereocenters. The van der Waals surface area contributed by atoms with Crippen LogP contribution in [0.2, 0.25) is 0 Å². The third-order valence-electron chi connectivity index (χ3n) is 3.34. The monoisotopic (exact) mass is 332 g/mol. The van der Waals surface area contributed by atoms with Crippen LogP contribution in [-0.2, 0) is 14.8 Å². The minimum atomic E-state index is -3.60. The molecule has 21 heavy (non-hydrogen) atoms. The Kier molecular flexibility index (Phi) is 4.95. The number of piperidine rings is 1. The molecule has 0 radical (unpaired) electrons. The van der Waals surface area contributed by atoms with Gasteiger partial charge < -0.3 is 5.32 Å². The predicted octanol–water partition coefficient (Wildman–Crippen LogP) is 1.55. The molecule has 1 amide bonds. The molecule has 0 spiro atoms. The smallest absolute Gasteiger partial charge is 0.272 e. The van der Waals surface area contributed by atoms with Crippen molar-refractivity contribution in [2.75, 3.05) is 18.4 Å². The Hall–Kier alpha value is -1.06. The van der Waals surface area contributed by atoms with Crippen LogP contribution in [-0.4, -0.2) is 41.9 Å². The van der Waals surface area contributed by atoms with Crippen LogP contribution < -0.4 is 5.32 Å². The molecule has 9 heteroatoms. The van der Waals surface area contributed by atoms with Crippen molar-refractivity contribution < 1.29 is 13.2 Å². The number of anilines is 1. The van der Waals surface area contributed by atoms with Gasteiger partial charge in [-0.05, 0) is 18.8 Å². The van der Waals surface area contributed by atoms with Gasteiger partial charge in [-0.2, -0.15) is 4.31 Å². The lowest BCUT2D eigenvalue weighted by molar-refractivity contribution is -0.118. The van der Waals surface area contributed by atoms with Gasteiger partial charge >= 0.3 is 0 Å². The molecule has 1 aliphatic rings. The summed E-state index contributed by atoms with van der Waals surface area (Å²) in [5.74, 6) is -0.0554. The topological polar surface area (TPSA) is 92.3 Å². The second-order valence-corrected chi connectivity index (χ2v) is 8.72. The van der Waals surface area contributed by atoms with Gasteiger partial charge in [0.05, 0.1) is 0 Å². The Labute approximate surface area is 128 Å². The van der Waals surface area contributed by atoms with Crippen LogP contribution in [0.3, 0.4) is 0 Å². The molecule has 118 valence electrons. The van der Waals surface area contributed by atoms with Crippen LogP contribution in [0.4, 0.5) is 5.13 Å². The number of hydrogen-bond donors (Lipinski definition) is 1. The fourth-order valence-electron chi connectivity index (χ4n) is 2.09. The third kappa shape index (κ3) is 3.78. The zero-order valence-electron chi connectivity index (χ0n) is 12.4. The van der Waals surface area contributed by atoms with E-state index in [-0.39, 0.29) is 21.3 Å². The Balaban J connectivity index is 2.14. The molecule has 1 aliphatic heterocycles. The van der Waals surface area contributed by atoms with Crippen molar-refractivity contribution in [1.29, 1.82) is 0 Å². The summed E-state index contributed by atoms with van der Waals surface area (Å²) in [6.07, 6.45) is 1.90. The van der Waals surface area contributed by atoms with Crippen molar-refractivity contribution in [3.63, 3.8) is 0 Å². The molecule has 0 unspecified atom stereocenters. The van der Waals surface area contributed by atoms with E-state index in [1.807, 2.05) is 6.92 Å². The number of hydrogen-bond acceptors (Lipinski definition) is 6. The molecule has 0 bridgehead atoms. The first-order valence-corrected chi connectivity index (χ1v) is 9.21. The van der Waals surface area contributed by atoms with Crippen LogP contribution in [0.25, 0.3) is 0 Å². The van der Waals surface area contributed by atoms with Crippen molar-refractivity contribution in [3.8, 4) is 0 Å². The summed E-state index contributed by atoms with van der Waals surface area (Å²) < 4.78 is 26.4. The van der Waals surface area contributed by atoms with Gasteiger partial charge in [-0.15, -0.1) is 10.2 Å². The molecule has 1 fully saturated rings. The highest BCUT2D eigenvalue weighted by Crippen LogP contribution is 2.27. The van der Waals surface area contributed by atoms with E-state index in [1.165, 1.54) is 4.31 Å². The van der Waals surface area contributed by atoms with Crippen LogP contribution >= 0.6 is 11.3 Å². The average Bonchev–Trinajstić information content (AvgIpc) is 2.87. The van der Waals surface area contributed by atoms with Gasteiger partial charge in [-0.25, -0.2) is 8.42 Å². The van der Waals surface area contributed by atoms with Crippen molar-refractivity contribution in [1.82, 2.24) is 14.5 Å². The van der Waals surface area contributed by atoms with Gasteiger partial charge in [0.15, 0.2) is 0 Å². The van der Waals surface area contributed by atoms with Gasteiger partial charge in [0.2, 0.25) is 15.4 Å². The lowest BCUT2D eigenvalue weighted by Gasteiger charge is -2.28. The lowest BCUT2D eigenvalue weighted by Crippen LogP contribution is -2.39. The maximum Gasteiger partial charge on any atom is 0.272 e. The highest BCUT2D eigenvalue weighted by Gasteiger charge is 2.31. The van der Waals surface area contributed by atoms with Gasteiger partial charge in [-0.3, -0.25) is 4.79 Å². The normalized spacial score (nSPS) is 20.7. The first-order valence-electron chi connectivity index (χ1n) is 6.95. The Morgan fingerprint density at radius 2 is 2.14 bits per heavy atom. The largest absolute Gasteiger partial charge is 0.300 e. The minimum Gasteiger partial charge on any atom is -0.300 e. The fourth-order valence-corrected chi connectivity index (χ4v) is 4.73. The van der Waals surface area contributed by atoms with E-state index in [1.54, 1.807) is 13.8 Å². The number of amides is 1. The van der Waals surface area contributed by atoms with Crippen LogP contribution in [0, 0.1) is 11.8 Å². The number of rotatable bonds is 4. The molecule has 2 rings (SSSR count). The van der Waals surface area contributed by atoms with Crippen molar-refractivity contribution in [2.24, 2.45) is 11.8 Å². The predicted molar refractivity (Wildman–Crippen MR) is 80.5 cm³/mol. The van der Waals surface area contributed by atoms with Gasteiger partial charge in [0.25, 0.3) is 10.0 Å². The van der Waals surface area contributed by atoms with Crippen LogP contribution in [0.5, 0.6) is 0 Å². The third-order valence-corrected chi connectivity index (χ3v) is 6.39. The van der Waals surface area contributed by atoms with Crippen molar-refractivity contribution in [3.05, 3.63) is 0 Å². The maximum absolute atomic E-state index is 12.5. The SMILES string of the molecule is CC(C)C(=O)Nc1nnc(S(=O)(=O)N2CCC[C@H](C)C2)s1. The lowest BCUT2D eigenvalue weighted by atomic mass is 10.0. The van der Waals surface area contributed by atoms with E-state index in [9.17, 15) is 13.2 Å². The minimum absolute atomic E-state index is 0.0596. The average molecular weight is 332 g/mol. The highest BCUT2D eigenvalue weighted by atomic mass is 32.2. The molecule has 2 heterocycles. The zero-order chi connectivity index (χ0) is 15.6. The second kappa shape index (κ2) is 6.37. The van der Waals surface area contributed by atoms with E-state index in [2.05, 4.69) is 15.5 Å². The summed E-state index contributed by atoms with van der Waals surface area (Å²) in [6.45, 7) is 6.57. The summed E-state index contributed by atoms with van der Waals surface area (Å²) in [5, 5.41) is 10.3. The number of nitrogens with one attached hydrogen (secondary N) is 1. The molecule has 7 nitrogen and oxygen atoms in total. The first kappa shape index (κ1) is 16.3. The molecule has 0 aromatic carbocycles. The zero-order valence-corrected chi connectivity index (χ0v) is 14.0. The van der Waals surface area contributed by atoms with E-state index < -0.39 is 10.0 Å². The summed E-state index contributed by atoms with van der Waals surface area (Å²) >= 11 is 0.897. The highest BCUT2D eigenvalue weighted by molar-refractivity contribution is 7.91. The molecular formula is C12H20N4O3S2. The second-order valence-electron chi connectivity index (χ2n) is 5.63. The number of carbonyl (C=O) groups is 1. The van der Waals surface area contributed by atoms with Crippen LogP contribution in [0.1, 0.15) is 33.6 Å². The fraction of sp³-hybridized carbons (Fsp3) is 0.750. The maximum atomic E-state index is 12.5. The molecule has 1 N–H and O–H groups in total. The summed E-state index contributed by atoms with van der Waals surface area (Å²) in [7, 11) is -3.60. The molecule has 1 aromatic rings. The Morgan fingerprint density at radius 3 is 2.76 bits per heavy atom. The van der Waals surface area contributed by atoms with E-state index in [4.69, 9.17) is 0 Å². The number of aromatic nitrogens is 2. The molecule has 1 saturated heterocycles. The number of sulfonamides is 1. The van der Waals surface area contributed by atoms with E-state index in [0.717, 1.165) is 24.2 Å².